The van der Waals surface area contributed by atoms with Crippen LogP contribution in [0.1, 0.15) is 52.9 Å². The number of ether oxygens (including phenoxy) is 2. The topological polar surface area (TPSA) is 30.5 Å². The minimum Gasteiger partial charge on any atom is -0.496 e. The van der Waals surface area contributed by atoms with Gasteiger partial charge < -0.3 is 14.8 Å². The van der Waals surface area contributed by atoms with Gasteiger partial charge in [0, 0.05) is 13.0 Å². The lowest BCUT2D eigenvalue weighted by Crippen LogP contribution is -2.56. The summed E-state index contributed by atoms with van der Waals surface area (Å²) < 4.78 is 12.1. The van der Waals surface area contributed by atoms with Crippen LogP contribution >= 0.6 is 0 Å². The maximum absolute atomic E-state index is 6.28. The van der Waals surface area contributed by atoms with E-state index in [0.717, 1.165) is 50.7 Å². The van der Waals surface area contributed by atoms with Gasteiger partial charge in [0.25, 0.3) is 0 Å². The molecule has 1 aliphatic carbocycles. The number of likely N-dealkylation sites (N-methyl/N-ethyl adjacent to an activating group) is 1. The van der Waals surface area contributed by atoms with E-state index in [9.17, 15) is 0 Å². The Bertz CT molecular complexity index is 312. The molecule has 0 aromatic heterocycles. The van der Waals surface area contributed by atoms with Gasteiger partial charge >= 0.3 is 0 Å². The zero-order valence-electron chi connectivity index (χ0n) is 12.7. The maximum atomic E-state index is 6.28. The summed E-state index contributed by atoms with van der Waals surface area (Å²) in [5.74, 6) is 1.85. The normalized spacial score (nSPS) is 32.8. The third kappa shape index (κ3) is 3.32. The Labute approximate surface area is 117 Å². The lowest BCUT2D eigenvalue weighted by atomic mass is 9.74. The first-order chi connectivity index (χ1) is 9.22. The predicted molar refractivity (Wildman–Crippen MR) is 78.1 cm³/mol. The van der Waals surface area contributed by atoms with Gasteiger partial charge in [-0.1, -0.05) is 26.7 Å². The van der Waals surface area contributed by atoms with Gasteiger partial charge in [-0.2, -0.15) is 0 Å². The van der Waals surface area contributed by atoms with Crippen LogP contribution in [-0.2, 0) is 9.47 Å². The van der Waals surface area contributed by atoms with Gasteiger partial charge in [0.05, 0.1) is 18.2 Å². The number of hydrogen-bond acceptors (Lipinski definition) is 3. The molecule has 1 fully saturated rings. The highest BCUT2D eigenvalue weighted by atomic mass is 16.5. The van der Waals surface area contributed by atoms with Gasteiger partial charge in [-0.05, 0) is 38.3 Å². The molecule has 3 heteroatoms. The summed E-state index contributed by atoms with van der Waals surface area (Å²) in [4.78, 5) is 0. The van der Waals surface area contributed by atoms with E-state index < -0.39 is 0 Å². The van der Waals surface area contributed by atoms with E-state index >= 15 is 0 Å². The predicted octanol–water partition coefficient (Wildman–Crippen LogP) is 3.25. The molecule has 0 bridgehead atoms. The molecule has 19 heavy (non-hydrogen) atoms. The van der Waals surface area contributed by atoms with Crippen molar-refractivity contribution in [2.24, 2.45) is 5.92 Å². The Morgan fingerprint density at radius 2 is 2.37 bits per heavy atom. The average molecular weight is 267 g/mol. The quantitative estimate of drug-likeness (QED) is 0.801. The fourth-order valence-corrected chi connectivity index (χ4v) is 3.70. The first kappa shape index (κ1) is 14.9. The van der Waals surface area contributed by atoms with Crippen LogP contribution in [0.3, 0.4) is 0 Å². The molecular formula is C16H29NO2. The Balaban J connectivity index is 2.21. The molecule has 1 heterocycles. The molecule has 110 valence electrons. The van der Waals surface area contributed by atoms with Crippen LogP contribution in [-0.4, -0.2) is 31.4 Å². The summed E-state index contributed by atoms with van der Waals surface area (Å²) in [5, 5.41) is 3.62. The van der Waals surface area contributed by atoms with Crippen molar-refractivity contribution < 1.29 is 9.47 Å². The van der Waals surface area contributed by atoms with Crippen molar-refractivity contribution >= 4 is 0 Å². The highest BCUT2D eigenvalue weighted by molar-refractivity contribution is 5.16. The molecule has 0 aromatic rings. The van der Waals surface area contributed by atoms with Gasteiger partial charge in [-0.3, -0.25) is 0 Å². The molecule has 0 spiro atoms. The van der Waals surface area contributed by atoms with E-state index in [-0.39, 0.29) is 11.6 Å². The Morgan fingerprint density at radius 1 is 1.53 bits per heavy atom. The molecule has 3 atom stereocenters. The van der Waals surface area contributed by atoms with Crippen LogP contribution < -0.4 is 5.32 Å². The van der Waals surface area contributed by atoms with Crippen molar-refractivity contribution in [1.82, 2.24) is 5.32 Å². The number of hydrogen-bond donors (Lipinski definition) is 1. The monoisotopic (exact) mass is 267 g/mol. The summed E-state index contributed by atoms with van der Waals surface area (Å²) >= 11 is 0. The zero-order chi connectivity index (χ0) is 13.7. The van der Waals surface area contributed by atoms with Crippen LogP contribution in [0.15, 0.2) is 11.8 Å². The van der Waals surface area contributed by atoms with Crippen LogP contribution in [0.4, 0.5) is 0 Å². The lowest BCUT2D eigenvalue weighted by Gasteiger charge is -2.45. The van der Waals surface area contributed by atoms with Crippen molar-refractivity contribution in [3.63, 3.8) is 0 Å². The first-order valence-electron chi connectivity index (χ1n) is 7.92. The summed E-state index contributed by atoms with van der Waals surface area (Å²) in [7, 11) is 0. The van der Waals surface area contributed by atoms with E-state index in [1.165, 1.54) is 12.8 Å². The van der Waals surface area contributed by atoms with E-state index in [2.05, 4.69) is 32.2 Å². The zero-order valence-corrected chi connectivity index (χ0v) is 12.7. The highest BCUT2D eigenvalue weighted by Crippen LogP contribution is 2.40. The van der Waals surface area contributed by atoms with Crippen molar-refractivity contribution in [2.45, 2.75) is 64.5 Å². The van der Waals surface area contributed by atoms with Gasteiger partial charge in [0.15, 0.2) is 0 Å². The molecule has 3 unspecified atom stereocenters. The number of nitrogens with one attached hydrogen (secondary N) is 1. The molecular weight excluding hydrogens is 238 g/mol. The van der Waals surface area contributed by atoms with E-state index in [1.54, 1.807) is 0 Å². The fraction of sp³-hybridized carbons (Fsp3) is 0.875. The van der Waals surface area contributed by atoms with Crippen molar-refractivity contribution in [3.05, 3.63) is 11.8 Å². The Hall–Kier alpha value is -0.540. The SMILES string of the molecule is CCNC(C1=CCCO1)C1(OCC)CCCC(C)C1. The Kier molecular flexibility index (Phi) is 5.28. The van der Waals surface area contributed by atoms with E-state index in [0.29, 0.717) is 0 Å². The molecule has 1 N–H and O–H groups in total. The van der Waals surface area contributed by atoms with Crippen LogP contribution in [0.25, 0.3) is 0 Å². The highest BCUT2D eigenvalue weighted by Gasteiger charge is 2.45. The fourth-order valence-electron chi connectivity index (χ4n) is 3.70. The summed E-state index contributed by atoms with van der Waals surface area (Å²) in [6.07, 6.45) is 8.15. The number of rotatable bonds is 6. The molecule has 0 amide bonds. The maximum Gasteiger partial charge on any atom is 0.112 e. The summed E-state index contributed by atoms with van der Waals surface area (Å²) in [6.45, 7) is 9.17. The van der Waals surface area contributed by atoms with E-state index in [1.807, 2.05) is 0 Å². The largest absolute Gasteiger partial charge is 0.496 e. The van der Waals surface area contributed by atoms with Crippen molar-refractivity contribution in [3.8, 4) is 0 Å². The lowest BCUT2D eigenvalue weighted by molar-refractivity contribution is -0.100. The molecule has 2 aliphatic rings. The van der Waals surface area contributed by atoms with Crippen LogP contribution in [0.2, 0.25) is 0 Å². The molecule has 0 saturated heterocycles. The molecule has 3 nitrogen and oxygen atoms in total. The van der Waals surface area contributed by atoms with Crippen LogP contribution in [0.5, 0.6) is 0 Å². The second-order valence-electron chi connectivity index (χ2n) is 5.93. The van der Waals surface area contributed by atoms with E-state index in [4.69, 9.17) is 9.47 Å². The third-order valence-corrected chi connectivity index (χ3v) is 4.37. The van der Waals surface area contributed by atoms with Crippen molar-refractivity contribution in [2.75, 3.05) is 19.8 Å². The minimum absolute atomic E-state index is 0.0708. The van der Waals surface area contributed by atoms with Crippen LogP contribution in [0, 0.1) is 5.92 Å². The van der Waals surface area contributed by atoms with Crippen molar-refractivity contribution in [1.29, 1.82) is 0 Å². The first-order valence-corrected chi connectivity index (χ1v) is 7.92. The molecule has 0 aromatic carbocycles. The van der Waals surface area contributed by atoms with Gasteiger partial charge in [0.2, 0.25) is 0 Å². The minimum atomic E-state index is -0.0708. The average Bonchev–Trinajstić information content (AvgIpc) is 2.89. The molecule has 0 radical (unpaired) electrons. The Morgan fingerprint density at radius 3 is 2.95 bits per heavy atom. The standard InChI is InChI=1S/C16H29NO2/c1-4-17-15(14-9-7-11-18-14)16(19-5-2)10-6-8-13(3)12-16/h9,13,15,17H,4-8,10-12H2,1-3H3. The van der Waals surface area contributed by atoms with Gasteiger partial charge in [0.1, 0.15) is 5.76 Å². The summed E-state index contributed by atoms with van der Waals surface area (Å²) in [5.41, 5.74) is -0.0708. The van der Waals surface area contributed by atoms with Gasteiger partial charge in [-0.15, -0.1) is 0 Å². The second kappa shape index (κ2) is 6.76. The molecule has 1 saturated carbocycles. The second-order valence-corrected chi connectivity index (χ2v) is 5.93. The molecule has 1 aliphatic heterocycles. The smallest absolute Gasteiger partial charge is 0.112 e. The van der Waals surface area contributed by atoms with Gasteiger partial charge in [-0.25, -0.2) is 0 Å². The molecule has 2 rings (SSSR count). The summed E-state index contributed by atoms with van der Waals surface area (Å²) in [6, 6.07) is 0.225. The third-order valence-electron chi connectivity index (χ3n) is 4.37.